The van der Waals surface area contributed by atoms with E-state index in [2.05, 4.69) is 5.16 Å². The highest BCUT2D eigenvalue weighted by Crippen LogP contribution is 2.08. The van der Waals surface area contributed by atoms with Crippen molar-refractivity contribution in [1.29, 1.82) is 0 Å². The second-order valence-corrected chi connectivity index (χ2v) is 3.72. The minimum absolute atomic E-state index is 0.200. The van der Waals surface area contributed by atoms with Gasteiger partial charge in [0.15, 0.2) is 0 Å². The lowest BCUT2D eigenvalue weighted by atomic mass is 10.3. The molecule has 0 amide bonds. The van der Waals surface area contributed by atoms with Crippen LogP contribution in [0.25, 0.3) is 5.69 Å². The number of hydrogen-bond donors (Lipinski definition) is 1. The van der Waals surface area contributed by atoms with Gasteiger partial charge in [-0.2, -0.15) is 0 Å². The van der Waals surface area contributed by atoms with Gasteiger partial charge in [-0.25, -0.2) is 4.68 Å². The molecule has 2 rings (SSSR count). The molecule has 5 nitrogen and oxygen atoms in total. The van der Waals surface area contributed by atoms with Crippen molar-refractivity contribution in [2.45, 2.75) is 6.92 Å². The van der Waals surface area contributed by atoms with E-state index in [4.69, 9.17) is 5.21 Å². The Morgan fingerprint density at radius 3 is 2.53 bits per heavy atom. The molecule has 1 heterocycles. The van der Waals surface area contributed by atoms with Gasteiger partial charge in [0, 0.05) is 12.7 Å². The Kier molecular flexibility index (Phi) is 2.82. The van der Waals surface area contributed by atoms with Crippen LogP contribution in [-0.4, -0.2) is 20.8 Å². The highest BCUT2D eigenvalue weighted by atomic mass is 16.4. The van der Waals surface area contributed by atoms with E-state index in [0.29, 0.717) is 5.56 Å². The summed E-state index contributed by atoms with van der Waals surface area (Å²) in [6.45, 7) is 1.80. The predicted molar refractivity (Wildman–Crippen MR) is 65.1 cm³/mol. The van der Waals surface area contributed by atoms with E-state index < -0.39 is 0 Å². The molecule has 88 valence electrons. The summed E-state index contributed by atoms with van der Waals surface area (Å²) in [4.78, 5) is 12.1. The molecule has 0 aliphatic carbocycles. The van der Waals surface area contributed by atoms with Crippen LogP contribution in [0.4, 0.5) is 0 Å². The second-order valence-electron chi connectivity index (χ2n) is 3.72. The summed E-state index contributed by atoms with van der Waals surface area (Å²) in [5.41, 5.74) is 1.71. The zero-order valence-corrected chi connectivity index (χ0v) is 9.66. The number of aromatic nitrogens is 2. The van der Waals surface area contributed by atoms with E-state index in [1.807, 2.05) is 30.3 Å². The molecule has 0 saturated carbocycles. The van der Waals surface area contributed by atoms with E-state index in [-0.39, 0.29) is 5.56 Å². The number of para-hydroxylation sites is 1. The summed E-state index contributed by atoms with van der Waals surface area (Å²) in [6, 6.07) is 9.32. The minimum Gasteiger partial charge on any atom is -0.411 e. The van der Waals surface area contributed by atoms with Gasteiger partial charge in [0.2, 0.25) is 0 Å². The number of hydrogen-bond acceptors (Lipinski definition) is 3. The van der Waals surface area contributed by atoms with Crippen LogP contribution in [0.5, 0.6) is 0 Å². The van der Waals surface area contributed by atoms with E-state index in [1.54, 1.807) is 18.7 Å². The largest absolute Gasteiger partial charge is 0.411 e. The molecular formula is C12H13N3O2. The first-order valence-corrected chi connectivity index (χ1v) is 5.18. The van der Waals surface area contributed by atoms with Gasteiger partial charge in [-0.05, 0) is 19.1 Å². The van der Waals surface area contributed by atoms with Crippen LogP contribution in [0.3, 0.4) is 0 Å². The number of rotatable bonds is 2. The molecule has 5 heteroatoms. The highest BCUT2D eigenvalue weighted by Gasteiger charge is 2.13. The van der Waals surface area contributed by atoms with E-state index in [1.165, 1.54) is 4.68 Å². The molecule has 0 bridgehead atoms. The predicted octanol–water partition coefficient (Wildman–Crippen LogP) is 1.29. The third-order valence-corrected chi connectivity index (χ3v) is 2.79. The Balaban J connectivity index is 2.73. The SMILES string of the molecule is Cc1c(C=NO)c(=O)n(-c2ccccc2)n1C. The molecule has 1 aromatic heterocycles. The van der Waals surface area contributed by atoms with Gasteiger partial charge in [-0.1, -0.05) is 23.4 Å². The normalized spacial score (nSPS) is 11.2. The number of benzene rings is 1. The third-order valence-electron chi connectivity index (χ3n) is 2.79. The second kappa shape index (κ2) is 4.29. The molecule has 0 aliphatic heterocycles. The molecule has 0 aliphatic rings. The van der Waals surface area contributed by atoms with Gasteiger partial charge < -0.3 is 5.21 Å². The maximum absolute atomic E-state index is 12.1. The molecule has 0 radical (unpaired) electrons. The van der Waals surface area contributed by atoms with Crippen molar-refractivity contribution in [1.82, 2.24) is 9.36 Å². The fourth-order valence-corrected chi connectivity index (χ4v) is 1.80. The maximum atomic E-state index is 12.1. The molecule has 17 heavy (non-hydrogen) atoms. The summed E-state index contributed by atoms with van der Waals surface area (Å²) in [5, 5.41) is 11.5. The quantitative estimate of drug-likeness (QED) is 0.481. The summed E-state index contributed by atoms with van der Waals surface area (Å²) >= 11 is 0. The number of nitrogens with zero attached hydrogens (tertiary/aromatic N) is 3. The van der Waals surface area contributed by atoms with Crippen molar-refractivity contribution >= 4 is 6.21 Å². The van der Waals surface area contributed by atoms with Crippen LogP contribution < -0.4 is 5.56 Å². The molecule has 0 saturated heterocycles. The zero-order valence-electron chi connectivity index (χ0n) is 9.66. The van der Waals surface area contributed by atoms with E-state index in [0.717, 1.165) is 17.6 Å². The Bertz CT molecular complexity index is 609. The molecule has 0 fully saturated rings. The fraction of sp³-hybridized carbons (Fsp3) is 0.167. The average Bonchev–Trinajstić information content (AvgIpc) is 2.55. The topological polar surface area (TPSA) is 59.5 Å². The van der Waals surface area contributed by atoms with E-state index in [9.17, 15) is 4.79 Å². The average molecular weight is 231 g/mol. The lowest BCUT2D eigenvalue weighted by Gasteiger charge is -2.07. The third kappa shape index (κ3) is 1.75. The van der Waals surface area contributed by atoms with Gasteiger partial charge in [-0.15, -0.1) is 0 Å². The summed E-state index contributed by atoms with van der Waals surface area (Å²) < 4.78 is 3.26. The zero-order chi connectivity index (χ0) is 12.4. The van der Waals surface area contributed by atoms with Crippen molar-refractivity contribution in [3.8, 4) is 5.69 Å². The van der Waals surface area contributed by atoms with Gasteiger partial charge in [0.1, 0.15) is 0 Å². The first-order valence-electron chi connectivity index (χ1n) is 5.18. The van der Waals surface area contributed by atoms with Crippen LogP contribution in [0.2, 0.25) is 0 Å². The molecule has 0 unspecified atom stereocenters. The molecule has 0 atom stereocenters. The number of oxime groups is 1. The van der Waals surface area contributed by atoms with Crippen molar-refractivity contribution < 1.29 is 5.21 Å². The smallest absolute Gasteiger partial charge is 0.280 e. The molecule has 1 N–H and O–H groups in total. The van der Waals surface area contributed by atoms with E-state index >= 15 is 0 Å². The summed E-state index contributed by atoms with van der Waals surface area (Å²) in [5.74, 6) is 0. The summed E-state index contributed by atoms with van der Waals surface area (Å²) in [7, 11) is 1.79. The van der Waals surface area contributed by atoms with Gasteiger partial charge in [0.05, 0.1) is 17.5 Å². The lowest BCUT2D eigenvalue weighted by molar-refractivity contribution is 0.322. The lowest BCUT2D eigenvalue weighted by Crippen LogP contribution is -2.20. The molecule has 0 spiro atoms. The Morgan fingerprint density at radius 1 is 1.29 bits per heavy atom. The van der Waals surface area contributed by atoms with Gasteiger partial charge in [-0.3, -0.25) is 9.48 Å². The molecule has 1 aromatic carbocycles. The highest BCUT2D eigenvalue weighted by molar-refractivity contribution is 5.80. The van der Waals surface area contributed by atoms with Crippen LogP contribution in [-0.2, 0) is 7.05 Å². The summed E-state index contributed by atoms with van der Waals surface area (Å²) in [6.07, 6.45) is 1.16. The molecular weight excluding hydrogens is 218 g/mol. The Labute approximate surface area is 98.2 Å². The van der Waals surface area contributed by atoms with Gasteiger partial charge >= 0.3 is 0 Å². The standard InChI is InChI=1S/C12H13N3O2/c1-9-11(8-13-17)12(16)15(14(9)2)10-6-4-3-5-7-10/h3-8,17H,1-2H3. The Hall–Kier alpha value is -2.30. The minimum atomic E-state index is -0.200. The van der Waals surface area contributed by atoms with Gasteiger partial charge in [0.25, 0.3) is 5.56 Å². The fourth-order valence-electron chi connectivity index (χ4n) is 1.80. The maximum Gasteiger partial charge on any atom is 0.280 e. The van der Waals surface area contributed by atoms with Crippen molar-refractivity contribution in [3.05, 3.63) is 51.9 Å². The monoisotopic (exact) mass is 231 g/mol. The van der Waals surface area contributed by atoms with Crippen molar-refractivity contribution in [2.75, 3.05) is 0 Å². The van der Waals surface area contributed by atoms with Crippen LogP contribution in [0, 0.1) is 6.92 Å². The Morgan fingerprint density at radius 2 is 1.94 bits per heavy atom. The first kappa shape index (κ1) is 11.2. The molecule has 2 aromatic rings. The van der Waals surface area contributed by atoms with Crippen molar-refractivity contribution in [3.63, 3.8) is 0 Å². The van der Waals surface area contributed by atoms with Crippen LogP contribution in [0.15, 0.2) is 40.3 Å². The first-order chi connectivity index (χ1) is 8.16. The van der Waals surface area contributed by atoms with Crippen LogP contribution in [0.1, 0.15) is 11.3 Å². The van der Waals surface area contributed by atoms with Crippen molar-refractivity contribution in [2.24, 2.45) is 12.2 Å². The van der Waals surface area contributed by atoms with Crippen LogP contribution >= 0.6 is 0 Å².